The standard InChI is InChI=1S/C45H50O10/c1-46-36-16-26-11-28-18-37(47-2)20-30(42(28)52-7)13-32-22-39(49-4)24-34(44(32)54-9)15-35-25-40(50-5)23-33(45(35)55-10)14-31-21-38(48-3)19-29(43(31)53-8)12-27(17-36)41(26)51-6/h16-25H,11-15H2,1-10H3. The predicted octanol–water partition coefficient (Wildman–Crippen LogP) is 8.04. The van der Waals surface area contributed by atoms with E-state index < -0.39 is 0 Å². The van der Waals surface area contributed by atoms with Crippen LogP contribution in [0.15, 0.2) is 60.7 Å². The largest absolute Gasteiger partial charge is 0.497 e. The smallest absolute Gasteiger partial charge is 0.126 e. The third-order valence-electron chi connectivity index (χ3n) is 10.2. The maximum Gasteiger partial charge on any atom is 0.126 e. The van der Waals surface area contributed by atoms with Crippen LogP contribution in [0.2, 0.25) is 0 Å². The van der Waals surface area contributed by atoms with Crippen molar-refractivity contribution in [1.82, 2.24) is 0 Å². The Kier molecular flexibility index (Phi) is 12.0. The molecule has 10 bridgehead atoms. The minimum Gasteiger partial charge on any atom is -0.497 e. The van der Waals surface area contributed by atoms with E-state index in [-0.39, 0.29) is 0 Å². The van der Waals surface area contributed by atoms with Crippen molar-refractivity contribution in [3.63, 3.8) is 0 Å². The summed E-state index contributed by atoms with van der Waals surface area (Å²) in [7, 11) is 16.8. The van der Waals surface area contributed by atoms with Gasteiger partial charge in [0.2, 0.25) is 0 Å². The van der Waals surface area contributed by atoms with Crippen LogP contribution in [-0.4, -0.2) is 71.1 Å². The third kappa shape index (κ3) is 7.85. The van der Waals surface area contributed by atoms with Gasteiger partial charge >= 0.3 is 0 Å². The first kappa shape index (κ1) is 38.8. The lowest BCUT2D eigenvalue weighted by Crippen LogP contribution is -2.08. The molecule has 0 N–H and O–H groups in total. The summed E-state index contributed by atoms with van der Waals surface area (Å²) in [5.74, 6) is 7.11. The molecule has 5 aromatic rings. The summed E-state index contributed by atoms with van der Waals surface area (Å²) < 4.78 is 60.4. The Hall–Kier alpha value is -5.90. The Bertz CT molecular complexity index is 1700. The average molecular weight is 751 g/mol. The normalized spacial score (nSPS) is 12.2. The van der Waals surface area contributed by atoms with Crippen LogP contribution in [0.4, 0.5) is 0 Å². The zero-order chi connectivity index (χ0) is 39.2. The van der Waals surface area contributed by atoms with E-state index in [1.807, 2.05) is 60.7 Å². The van der Waals surface area contributed by atoms with Gasteiger partial charge in [-0.15, -0.1) is 0 Å². The second-order valence-electron chi connectivity index (χ2n) is 13.3. The SMILES string of the molecule is COc1cc2c(OC)c(c1)Cc1cc(OC)cc(c1OC)Cc1cc(OC)cc(c1OC)Cc1cc(OC)cc(c1OC)Cc1cc(OC)cc(c1OC)C2. The van der Waals surface area contributed by atoms with Gasteiger partial charge in [0.25, 0.3) is 0 Å². The Labute approximate surface area is 323 Å². The van der Waals surface area contributed by atoms with Gasteiger partial charge in [-0.2, -0.15) is 0 Å². The molecule has 0 unspecified atom stereocenters. The van der Waals surface area contributed by atoms with Crippen molar-refractivity contribution in [3.8, 4) is 57.5 Å². The molecule has 10 heteroatoms. The van der Waals surface area contributed by atoms with E-state index in [0.29, 0.717) is 60.9 Å². The summed E-state index contributed by atoms with van der Waals surface area (Å²) in [4.78, 5) is 0. The summed E-state index contributed by atoms with van der Waals surface area (Å²) in [6, 6.07) is 20.1. The van der Waals surface area contributed by atoms with E-state index in [1.54, 1.807) is 71.1 Å². The Morgan fingerprint density at radius 3 is 0.436 bits per heavy atom. The number of hydrogen-bond donors (Lipinski definition) is 0. The van der Waals surface area contributed by atoms with E-state index in [0.717, 1.165) is 84.4 Å². The molecular formula is C45H50O10. The van der Waals surface area contributed by atoms with Crippen LogP contribution in [0.3, 0.4) is 0 Å². The number of fused-ring (bicyclic) bond motifs is 10. The van der Waals surface area contributed by atoms with Gasteiger partial charge in [0.1, 0.15) is 57.5 Å². The highest BCUT2D eigenvalue weighted by Gasteiger charge is 2.25. The molecular weight excluding hydrogens is 700 g/mol. The summed E-state index contributed by atoms with van der Waals surface area (Å²) in [6.45, 7) is 0. The van der Waals surface area contributed by atoms with E-state index in [4.69, 9.17) is 47.4 Å². The van der Waals surface area contributed by atoms with E-state index in [9.17, 15) is 0 Å². The van der Waals surface area contributed by atoms with Gasteiger partial charge in [-0.25, -0.2) is 0 Å². The highest BCUT2D eigenvalue weighted by Crippen LogP contribution is 2.43. The van der Waals surface area contributed by atoms with Crippen LogP contribution in [0.25, 0.3) is 0 Å². The minimum absolute atomic E-state index is 0.470. The molecule has 1 aliphatic rings. The number of benzene rings is 5. The van der Waals surface area contributed by atoms with Crippen molar-refractivity contribution in [3.05, 3.63) is 116 Å². The third-order valence-corrected chi connectivity index (χ3v) is 10.2. The molecule has 0 heterocycles. The van der Waals surface area contributed by atoms with Crippen LogP contribution in [-0.2, 0) is 32.1 Å². The molecule has 10 nitrogen and oxygen atoms in total. The molecule has 0 saturated carbocycles. The van der Waals surface area contributed by atoms with E-state index in [2.05, 4.69) is 0 Å². The first-order valence-electron chi connectivity index (χ1n) is 17.9. The summed E-state index contributed by atoms with van der Waals surface area (Å²) in [5.41, 5.74) is 9.17. The van der Waals surface area contributed by atoms with Crippen LogP contribution >= 0.6 is 0 Å². The Morgan fingerprint density at radius 1 is 0.218 bits per heavy atom. The Morgan fingerprint density at radius 2 is 0.345 bits per heavy atom. The zero-order valence-corrected chi connectivity index (χ0v) is 33.4. The number of ether oxygens (including phenoxy) is 10. The maximum atomic E-state index is 6.20. The van der Waals surface area contributed by atoms with Gasteiger partial charge in [0.05, 0.1) is 71.1 Å². The lowest BCUT2D eigenvalue weighted by molar-refractivity contribution is 0.385. The Balaban J connectivity index is 1.71. The maximum absolute atomic E-state index is 6.20. The molecule has 0 saturated heterocycles. The van der Waals surface area contributed by atoms with Gasteiger partial charge in [0, 0.05) is 87.7 Å². The summed E-state index contributed by atoms with van der Waals surface area (Å²) >= 11 is 0. The second-order valence-corrected chi connectivity index (χ2v) is 13.3. The van der Waals surface area contributed by atoms with Crippen molar-refractivity contribution in [2.75, 3.05) is 71.1 Å². The highest BCUT2D eigenvalue weighted by atomic mass is 16.5. The van der Waals surface area contributed by atoms with Gasteiger partial charge in [-0.3, -0.25) is 0 Å². The molecule has 0 aliphatic heterocycles. The molecule has 6 rings (SSSR count). The summed E-state index contributed by atoms with van der Waals surface area (Å²) in [5, 5.41) is 0. The molecule has 0 spiro atoms. The molecule has 0 radical (unpaired) electrons. The molecule has 0 fully saturated rings. The van der Waals surface area contributed by atoms with Crippen LogP contribution in [0, 0.1) is 0 Å². The van der Waals surface area contributed by atoms with Gasteiger partial charge in [-0.05, 0) is 60.7 Å². The molecule has 0 atom stereocenters. The van der Waals surface area contributed by atoms with Crippen molar-refractivity contribution in [2.45, 2.75) is 32.1 Å². The van der Waals surface area contributed by atoms with Crippen LogP contribution in [0.1, 0.15) is 55.6 Å². The van der Waals surface area contributed by atoms with Crippen molar-refractivity contribution in [2.24, 2.45) is 0 Å². The van der Waals surface area contributed by atoms with Crippen LogP contribution < -0.4 is 47.4 Å². The molecule has 1 aliphatic carbocycles. The van der Waals surface area contributed by atoms with Gasteiger partial charge < -0.3 is 47.4 Å². The lowest BCUT2D eigenvalue weighted by Gasteiger charge is -2.22. The molecule has 5 aromatic carbocycles. The zero-order valence-electron chi connectivity index (χ0n) is 33.4. The second kappa shape index (κ2) is 17.1. The average Bonchev–Trinajstić information content (AvgIpc) is 3.19. The molecule has 0 amide bonds. The fourth-order valence-electron chi connectivity index (χ4n) is 7.85. The van der Waals surface area contributed by atoms with Gasteiger partial charge in [0.15, 0.2) is 0 Å². The predicted molar refractivity (Wildman–Crippen MR) is 212 cm³/mol. The topological polar surface area (TPSA) is 92.3 Å². The minimum atomic E-state index is 0.470. The molecule has 55 heavy (non-hydrogen) atoms. The summed E-state index contributed by atoms with van der Waals surface area (Å²) in [6.07, 6.45) is 2.35. The molecule has 0 aromatic heterocycles. The van der Waals surface area contributed by atoms with Crippen molar-refractivity contribution >= 4 is 0 Å². The first-order chi connectivity index (χ1) is 26.7. The number of methoxy groups -OCH3 is 10. The monoisotopic (exact) mass is 750 g/mol. The van der Waals surface area contributed by atoms with Crippen LogP contribution in [0.5, 0.6) is 57.5 Å². The lowest BCUT2D eigenvalue weighted by atomic mass is 9.90. The van der Waals surface area contributed by atoms with E-state index in [1.165, 1.54) is 0 Å². The van der Waals surface area contributed by atoms with E-state index >= 15 is 0 Å². The fourth-order valence-corrected chi connectivity index (χ4v) is 7.85. The first-order valence-corrected chi connectivity index (χ1v) is 17.9. The highest BCUT2D eigenvalue weighted by molar-refractivity contribution is 5.61. The quantitative estimate of drug-likeness (QED) is 0.137. The molecule has 290 valence electrons. The van der Waals surface area contributed by atoms with Crippen molar-refractivity contribution < 1.29 is 47.4 Å². The number of rotatable bonds is 10. The number of hydrogen-bond acceptors (Lipinski definition) is 10. The van der Waals surface area contributed by atoms with Gasteiger partial charge in [-0.1, -0.05) is 0 Å². The van der Waals surface area contributed by atoms with Crippen molar-refractivity contribution in [1.29, 1.82) is 0 Å². The fraction of sp³-hybridized carbons (Fsp3) is 0.333.